The molecule has 0 saturated carbocycles. The largest absolute Gasteiger partial charge is 0.481 e. The number of carboxylic acids is 1. The van der Waals surface area contributed by atoms with Crippen molar-refractivity contribution in [1.82, 2.24) is 5.32 Å². The number of carbonyl (C=O) groups is 1. The van der Waals surface area contributed by atoms with Crippen molar-refractivity contribution < 1.29 is 14.3 Å². The molecule has 1 aromatic rings. The van der Waals surface area contributed by atoms with E-state index in [4.69, 9.17) is 10.4 Å². The summed E-state index contributed by atoms with van der Waals surface area (Å²) in [4.78, 5) is 10.2. The number of nitriles is 1. The third kappa shape index (κ3) is 4.21. The van der Waals surface area contributed by atoms with Crippen molar-refractivity contribution in [3.8, 4) is 6.07 Å². The molecule has 0 atom stereocenters. The number of hydrogen-bond donors (Lipinski definition) is 2. The van der Waals surface area contributed by atoms with Gasteiger partial charge in [-0.2, -0.15) is 5.26 Å². The number of nitrogens with one attached hydrogen (secondary N) is 1. The summed E-state index contributed by atoms with van der Waals surface area (Å²) in [5, 5.41) is 20.0. The van der Waals surface area contributed by atoms with Gasteiger partial charge >= 0.3 is 5.97 Å². The lowest BCUT2D eigenvalue weighted by Crippen LogP contribution is -2.16. The minimum absolute atomic E-state index is 0.0230. The van der Waals surface area contributed by atoms with E-state index in [0.29, 0.717) is 25.1 Å². The number of carboxylic acid groups (broad SMARTS) is 1. The van der Waals surface area contributed by atoms with E-state index in [0.717, 1.165) is 0 Å². The van der Waals surface area contributed by atoms with Crippen molar-refractivity contribution in [3.63, 3.8) is 0 Å². The third-order valence-electron chi connectivity index (χ3n) is 2.26. The van der Waals surface area contributed by atoms with E-state index in [1.54, 1.807) is 18.2 Å². The summed E-state index contributed by atoms with van der Waals surface area (Å²) in [5.41, 5.74) is 0.439. The van der Waals surface area contributed by atoms with Crippen molar-refractivity contribution in [3.05, 3.63) is 35.1 Å². The lowest BCUT2D eigenvalue weighted by molar-refractivity contribution is -0.137. The molecule has 0 heterocycles. The number of aliphatic carboxylic acids is 1. The Morgan fingerprint density at radius 3 is 2.94 bits per heavy atom. The zero-order chi connectivity index (χ0) is 12.7. The molecule has 0 aliphatic carbocycles. The lowest BCUT2D eigenvalue weighted by Gasteiger charge is -2.05. The van der Waals surface area contributed by atoms with Gasteiger partial charge in [-0.3, -0.25) is 4.79 Å². The van der Waals surface area contributed by atoms with Crippen LogP contribution in [0, 0.1) is 17.1 Å². The van der Waals surface area contributed by atoms with E-state index in [-0.39, 0.29) is 12.0 Å². The molecule has 2 N–H and O–H groups in total. The van der Waals surface area contributed by atoms with Gasteiger partial charge in [-0.05, 0) is 19.0 Å². The minimum Gasteiger partial charge on any atom is -0.481 e. The Bertz CT molecular complexity index is 441. The zero-order valence-electron chi connectivity index (χ0n) is 9.24. The number of halogens is 1. The molecule has 17 heavy (non-hydrogen) atoms. The first-order valence-corrected chi connectivity index (χ1v) is 5.25. The van der Waals surface area contributed by atoms with E-state index in [1.165, 1.54) is 6.07 Å². The maximum Gasteiger partial charge on any atom is 0.303 e. The van der Waals surface area contributed by atoms with Crippen LogP contribution in [0.2, 0.25) is 0 Å². The topological polar surface area (TPSA) is 73.1 Å². The molecule has 5 heteroatoms. The van der Waals surface area contributed by atoms with Gasteiger partial charge in [0, 0.05) is 18.5 Å². The summed E-state index contributed by atoms with van der Waals surface area (Å²) >= 11 is 0. The summed E-state index contributed by atoms with van der Waals surface area (Å²) in [6, 6.07) is 6.41. The molecule has 0 saturated heterocycles. The lowest BCUT2D eigenvalue weighted by atomic mass is 10.1. The van der Waals surface area contributed by atoms with Crippen molar-refractivity contribution in [2.24, 2.45) is 0 Å². The number of hydrogen-bond acceptors (Lipinski definition) is 3. The summed E-state index contributed by atoms with van der Waals surface area (Å²) in [7, 11) is 0. The SMILES string of the molecule is N#Cc1cccc(CNCCCC(=O)O)c1F. The van der Waals surface area contributed by atoms with E-state index < -0.39 is 11.8 Å². The fourth-order valence-corrected chi connectivity index (χ4v) is 1.39. The Labute approximate surface area is 98.7 Å². The van der Waals surface area contributed by atoms with Gasteiger partial charge < -0.3 is 10.4 Å². The molecule has 1 rings (SSSR count). The van der Waals surface area contributed by atoms with Crippen LogP contribution >= 0.6 is 0 Å². The summed E-state index contributed by atoms with van der Waals surface area (Å²) < 4.78 is 13.6. The van der Waals surface area contributed by atoms with Crippen LogP contribution in [0.4, 0.5) is 4.39 Å². The Hall–Kier alpha value is -1.93. The quantitative estimate of drug-likeness (QED) is 0.736. The molecule has 90 valence electrons. The Morgan fingerprint density at radius 1 is 1.53 bits per heavy atom. The van der Waals surface area contributed by atoms with Gasteiger partial charge in [0.1, 0.15) is 11.9 Å². The molecule has 0 aliphatic rings. The molecule has 1 aromatic carbocycles. The molecule has 0 unspecified atom stereocenters. The maximum absolute atomic E-state index is 13.6. The monoisotopic (exact) mass is 236 g/mol. The molecule has 0 aliphatic heterocycles. The van der Waals surface area contributed by atoms with Crippen molar-refractivity contribution >= 4 is 5.97 Å². The van der Waals surface area contributed by atoms with Gasteiger partial charge in [0.2, 0.25) is 0 Å². The Kier molecular flexibility index (Phi) is 5.11. The first-order chi connectivity index (χ1) is 8.15. The molecule has 0 spiro atoms. The van der Waals surface area contributed by atoms with E-state index in [2.05, 4.69) is 5.32 Å². The molecule has 0 aromatic heterocycles. The zero-order valence-corrected chi connectivity index (χ0v) is 9.24. The van der Waals surface area contributed by atoms with Crippen LogP contribution in [-0.4, -0.2) is 17.6 Å². The molecular formula is C12H13FN2O2. The normalized spacial score (nSPS) is 9.88. The van der Waals surface area contributed by atoms with Crippen LogP contribution in [0.25, 0.3) is 0 Å². The van der Waals surface area contributed by atoms with Gasteiger partial charge in [0.15, 0.2) is 0 Å². The Balaban J connectivity index is 2.42. The van der Waals surface area contributed by atoms with E-state index in [9.17, 15) is 9.18 Å². The fraction of sp³-hybridized carbons (Fsp3) is 0.333. The average molecular weight is 236 g/mol. The number of rotatable bonds is 6. The predicted octanol–water partition coefficient (Wildman–Crippen LogP) is 1.65. The summed E-state index contributed by atoms with van der Waals surface area (Å²) in [6.07, 6.45) is 0.586. The smallest absolute Gasteiger partial charge is 0.303 e. The van der Waals surface area contributed by atoms with Crippen LogP contribution in [0.15, 0.2) is 18.2 Å². The summed E-state index contributed by atoms with van der Waals surface area (Å²) in [6.45, 7) is 0.795. The molecule has 0 bridgehead atoms. The highest BCUT2D eigenvalue weighted by Gasteiger charge is 2.06. The highest BCUT2D eigenvalue weighted by molar-refractivity contribution is 5.66. The Morgan fingerprint density at radius 2 is 2.29 bits per heavy atom. The molecule has 4 nitrogen and oxygen atoms in total. The van der Waals surface area contributed by atoms with Crippen molar-refractivity contribution in [2.45, 2.75) is 19.4 Å². The molecule has 0 fully saturated rings. The second kappa shape index (κ2) is 6.61. The van der Waals surface area contributed by atoms with E-state index in [1.807, 2.05) is 0 Å². The standard InChI is InChI=1S/C12H13FN2O2/c13-12-9(7-14)3-1-4-10(12)8-15-6-2-5-11(16)17/h1,3-4,15H,2,5-6,8H2,(H,16,17). The van der Waals surface area contributed by atoms with Gasteiger partial charge in [-0.1, -0.05) is 12.1 Å². The molecule has 0 amide bonds. The summed E-state index contributed by atoms with van der Waals surface area (Å²) in [5.74, 6) is -1.36. The minimum atomic E-state index is -0.843. The predicted molar refractivity (Wildman–Crippen MR) is 59.7 cm³/mol. The second-order valence-electron chi connectivity index (χ2n) is 3.56. The van der Waals surface area contributed by atoms with Crippen LogP contribution in [0.3, 0.4) is 0 Å². The van der Waals surface area contributed by atoms with Crippen LogP contribution in [0.5, 0.6) is 0 Å². The van der Waals surface area contributed by atoms with Gasteiger partial charge in [0.25, 0.3) is 0 Å². The first kappa shape index (κ1) is 13.1. The number of benzene rings is 1. The molecular weight excluding hydrogens is 223 g/mol. The maximum atomic E-state index is 13.6. The van der Waals surface area contributed by atoms with Crippen LogP contribution in [0.1, 0.15) is 24.0 Å². The third-order valence-corrected chi connectivity index (χ3v) is 2.26. The van der Waals surface area contributed by atoms with Crippen molar-refractivity contribution in [1.29, 1.82) is 5.26 Å². The van der Waals surface area contributed by atoms with Gasteiger partial charge in [0.05, 0.1) is 5.56 Å². The van der Waals surface area contributed by atoms with Gasteiger partial charge in [-0.15, -0.1) is 0 Å². The molecule has 0 radical (unpaired) electrons. The second-order valence-corrected chi connectivity index (χ2v) is 3.56. The first-order valence-electron chi connectivity index (χ1n) is 5.25. The number of nitrogens with zero attached hydrogens (tertiary/aromatic N) is 1. The van der Waals surface area contributed by atoms with Gasteiger partial charge in [-0.25, -0.2) is 4.39 Å². The highest BCUT2D eigenvalue weighted by Crippen LogP contribution is 2.11. The average Bonchev–Trinajstić information content (AvgIpc) is 2.30. The van der Waals surface area contributed by atoms with E-state index >= 15 is 0 Å². The van der Waals surface area contributed by atoms with Crippen molar-refractivity contribution in [2.75, 3.05) is 6.54 Å². The highest BCUT2D eigenvalue weighted by atomic mass is 19.1. The fourth-order valence-electron chi connectivity index (χ4n) is 1.39. The van der Waals surface area contributed by atoms with Crippen LogP contribution < -0.4 is 5.32 Å². The van der Waals surface area contributed by atoms with Crippen LogP contribution in [-0.2, 0) is 11.3 Å².